The van der Waals surface area contributed by atoms with Gasteiger partial charge in [0, 0.05) is 11.6 Å². The van der Waals surface area contributed by atoms with Crippen molar-refractivity contribution in [2.24, 2.45) is 5.10 Å². The summed E-state index contributed by atoms with van der Waals surface area (Å²) < 4.78 is 45.2. The molecule has 0 heterocycles. The van der Waals surface area contributed by atoms with Gasteiger partial charge < -0.3 is 4.74 Å². The van der Waals surface area contributed by atoms with Crippen LogP contribution in [-0.4, -0.2) is 17.0 Å². The Morgan fingerprint density at radius 2 is 1.79 bits per heavy atom. The average molecular weight is 586 g/mol. The predicted molar refractivity (Wildman–Crippen MR) is 140 cm³/mol. The highest BCUT2D eigenvalue weighted by atomic mass is 79.9. The molecular formula is C27H19BrF3N3O4. The van der Waals surface area contributed by atoms with Gasteiger partial charge in [-0.2, -0.15) is 18.3 Å². The number of nitro benzene ring substituents is 1. The van der Waals surface area contributed by atoms with E-state index in [2.05, 4.69) is 26.5 Å². The lowest BCUT2D eigenvalue weighted by Gasteiger charge is -2.11. The zero-order valence-electron chi connectivity index (χ0n) is 19.5. The van der Waals surface area contributed by atoms with Crippen LogP contribution in [0.4, 0.5) is 18.9 Å². The molecule has 0 bridgehead atoms. The van der Waals surface area contributed by atoms with Gasteiger partial charge in [-0.05, 0) is 62.1 Å². The molecule has 4 aromatic carbocycles. The van der Waals surface area contributed by atoms with Gasteiger partial charge in [-0.15, -0.1) is 0 Å². The first-order valence-corrected chi connectivity index (χ1v) is 12.0. The molecule has 0 fully saturated rings. The molecule has 1 N–H and O–H groups in total. The van der Waals surface area contributed by atoms with Gasteiger partial charge in [0.1, 0.15) is 12.4 Å². The van der Waals surface area contributed by atoms with Crippen molar-refractivity contribution in [3.8, 4) is 5.75 Å². The molecular weight excluding hydrogens is 567 g/mol. The quantitative estimate of drug-likeness (QED) is 0.140. The van der Waals surface area contributed by atoms with Crippen molar-refractivity contribution in [1.82, 2.24) is 5.43 Å². The van der Waals surface area contributed by atoms with Crippen LogP contribution in [0.15, 0.2) is 88.4 Å². The van der Waals surface area contributed by atoms with Crippen LogP contribution in [-0.2, 0) is 24.0 Å². The van der Waals surface area contributed by atoms with Crippen LogP contribution >= 0.6 is 15.9 Å². The van der Waals surface area contributed by atoms with Crippen molar-refractivity contribution in [3.63, 3.8) is 0 Å². The van der Waals surface area contributed by atoms with Gasteiger partial charge in [-0.1, -0.05) is 48.5 Å². The third kappa shape index (κ3) is 6.54. The van der Waals surface area contributed by atoms with Crippen molar-refractivity contribution in [3.05, 3.63) is 116 Å². The first-order chi connectivity index (χ1) is 18.1. The first kappa shape index (κ1) is 26.8. The Kier molecular flexibility index (Phi) is 8.06. The summed E-state index contributed by atoms with van der Waals surface area (Å²) in [4.78, 5) is 22.4. The maximum Gasteiger partial charge on any atom is 0.416 e. The van der Waals surface area contributed by atoms with E-state index in [9.17, 15) is 28.1 Å². The van der Waals surface area contributed by atoms with Gasteiger partial charge >= 0.3 is 6.18 Å². The van der Waals surface area contributed by atoms with E-state index in [4.69, 9.17) is 4.74 Å². The summed E-state index contributed by atoms with van der Waals surface area (Å²) in [6.45, 7) is 0.361. The summed E-state index contributed by atoms with van der Waals surface area (Å²) in [6, 6.07) is 21.2. The molecule has 4 aromatic rings. The topological polar surface area (TPSA) is 93.8 Å². The summed E-state index contributed by atoms with van der Waals surface area (Å²) in [7, 11) is 0. The van der Waals surface area contributed by atoms with E-state index >= 15 is 0 Å². The number of rotatable bonds is 8. The standard InChI is InChI=1S/C27H19BrF3N3O4/c28-23-12-17(8-11-25(23)38-16-20-6-3-5-18-4-1-2-7-22(18)20)15-32-33-26(35)13-19-9-10-21(27(29,30)31)14-24(19)34(36)37/h1-12,14-15H,13,16H2,(H,33,35)/b32-15-. The highest BCUT2D eigenvalue weighted by Gasteiger charge is 2.33. The Balaban J connectivity index is 1.37. The van der Waals surface area contributed by atoms with Crippen LogP contribution in [0.5, 0.6) is 5.75 Å². The van der Waals surface area contributed by atoms with E-state index in [1.165, 1.54) is 6.21 Å². The lowest BCUT2D eigenvalue weighted by Crippen LogP contribution is -2.20. The molecule has 0 saturated carbocycles. The number of ether oxygens (including phenoxy) is 1. The second-order valence-corrected chi connectivity index (χ2v) is 9.04. The van der Waals surface area contributed by atoms with E-state index in [1.807, 2.05) is 42.5 Å². The number of halogens is 4. The first-order valence-electron chi connectivity index (χ1n) is 11.2. The molecule has 0 aliphatic heterocycles. The number of hydrogen-bond donors (Lipinski definition) is 1. The minimum atomic E-state index is -4.74. The van der Waals surface area contributed by atoms with Crippen molar-refractivity contribution in [2.45, 2.75) is 19.2 Å². The molecule has 0 radical (unpaired) electrons. The van der Waals surface area contributed by atoms with Gasteiger partial charge in [0.15, 0.2) is 0 Å². The van der Waals surface area contributed by atoms with Gasteiger partial charge in [-0.25, -0.2) is 5.43 Å². The van der Waals surface area contributed by atoms with Crippen LogP contribution in [0.25, 0.3) is 10.8 Å². The maximum atomic E-state index is 12.9. The van der Waals surface area contributed by atoms with Crippen LogP contribution in [0.2, 0.25) is 0 Å². The number of nitro groups is 1. The van der Waals surface area contributed by atoms with E-state index in [0.29, 0.717) is 34.5 Å². The van der Waals surface area contributed by atoms with Crippen molar-refractivity contribution < 1.29 is 27.6 Å². The van der Waals surface area contributed by atoms with E-state index < -0.39 is 34.7 Å². The number of carbonyl (C=O) groups excluding carboxylic acids is 1. The van der Waals surface area contributed by atoms with E-state index in [0.717, 1.165) is 22.4 Å². The minimum absolute atomic E-state index is 0.161. The lowest BCUT2D eigenvalue weighted by molar-refractivity contribution is -0.385. The molecule has 194 valence electrons. The SMILES string of the molecule is O=C(Cc1ccc(C(F)(F)F)cc1[N+](=O)[O-])N/N=C\c1ccc(OCc2cccc3ccccc23)c(Br)c1. The molecule has 7 nitrogen and oxygen atoms in total. The molecule has 0 spiro atoms. The smallest absolute Gasteiger partial charge is 0.416 e. The third-order valence-corrected chi connectivity index (χ3v) is 6.20. The van der Waals surface area contributed by atoms with Crippen LogP contribution in [0, 0.1) is 10.1 Å². The molecule has 0 aliphatic rings. The summed E-state index contributed by atoms with van der Waals surface area (Å²) in [5.41, 5.74) is 1.77. The third-order valence-electron chi connectivity index (χ3n) is 5.58. The summed E-state index contributed by atoms with van der Waals surface area (Å²) in [5.74, 6) is -0.119. The average Bonchev–Trinajstić information content (AvgIpc) is 2.87. The Bertz CT molecular complexity index is 1530. The van der Waals surface area contributed by atoms with E-state index in [-0.39, 0.29) is 5.56 Å². The number of hydrogen-bond acceptors (Lipinski definition) is 5. The largest absolute Gasteiger partial charge is 0.488 e. The highest BCUT2D eigenvalue weighted by Crippen LogP contribution is 2.33. The van der Waals surface area contributed by atoms with Crippen molar-refractivity contribution >= 4 is 44.5 Å². The Morgan fingerprint density at radius 3 is 2.53 bits per heavy atom. The summed E-state index contributed by atoms with van der Waals surface area (Å²) in [5, 5.41) is 17.2. The molecule has 1 amide bonds. The molecule has 4 rings (SSSR count). The lowest BCUT2D eigenvalue weighted by atomic mass is 10.1. The maximum absolute atomic E-state index is 12.9. The number of amides is 1. The number of hydrazone groups is 1. The summed E-state index contributed by atoms with van der Waals surface area (Å²) >= 11 is 3.46. The van der Waals surface area contributed by atoms with Crippen LogP contribution < -0.4 is 10.2 Å². The fraction of sp³-hybridized carbons (Fsp3) is 0.111. The van der Waals surface area contributed by atoms with Crippen LogP contribution in [0.3, 0.4) is 0 Å². The zero-order chi connectivity index (χ0) is 27.3. The van der Waals surface area contributed by atoms with Gasteiger partial charge in [-0.3, -0.25) is 14.9 Å². The molecule has 0 aromatic heterocycles. The van der Waals surface area contributed by atoms with Crippen molar-refractivity contribution in [1.29, 1.82) is 0 Å². The number of nitrogens with one attached hydrogen (secondary N) is 1. The minimum Gasteiger partial charge on any atom is -0.488 e. The highest BCUT2D eigenvalue weighted by molar-refractivity contribution is 9.10. The Labute approximate surface area is 223 Å². The molecule has 38 heavy (non-hydrogen) atoms. The molecule has 0 saturated heterocycles. The Morgan fingerprint density at radius 1 is 1.03 bits per heavy atom. The number of benzene rings is 4. The number of fused-ring (bicyclic) bond motifs is 1. The van der Waals surface area contributed by atoms with E-state index in [1.54, 1.807) is 18.2 Å². The molecule has 11 heteroatoms. The van der Waals surface area contributed by atoms with Crippen molar-refractivity contribution in [2.75, 3.05) is 0 Å². The molecule has 0 aliphatic carbocycles. The fourth-order valence-corrected chi connectivity index (χ4v) is 4.25. The number of nitrogens with zero attached hydrogens (tertiary/aromatic N) is 2. The van der Waals surface area contributed by atoms with Gasteiger partial charge in [0.2, 0.25) is 5.91 Å². The Hall–Kier alpha value is -4.25. The fourth-order valence-electron chi connectivity index (χ4n) is 3.74. The normalized spacial score (nSPS) is 11.6. The second kappa shape index (κ2) is 11.4. The second-order valence-electron chi connectivity index (χ2n) is 8.19. The van der Waals surface area contributed by atoms with Gasteiger partial charge in [0.05, 0.1) is 27.6 Å². The van der Waals surface area contributed by atoms with Crippen LogP contribution in [0.1, 0.15) is 22.3 Å². The zero-order valence-corrected chi connectivity index (χ0v) is 21.1. The van der Waals surface area contributed by atoms with Gasteiger partial charge in [0.25, 0.3) is 5.69 Å². The predicted octanol–water partition coefficient (Wildman–Crippen LogP) is 6.80. The monoisotopic (exact) mass is 585 g/mol. The summed E-state index contributed by atoms with van der Waals surface area (Å²) in [6.07, 6.45) is -3.89. The number of alkyl halides is 3. The number of carbonyl (C=O) groups is 1. The molecule has 0 unspecified atom stereocenters. The molecule has 0 atom stereocenters.